The molecule has 0 atom stereocenters. The number of hydrogen-bond donors (Lipinski definition) is 1. The molecule has 6 heteroatoms. The van der Waals surface area contributed by atoms with E-state index in [2.05, 4.69) is 27.2 Å². The lowest BCUT2D eigenvalue weighted by molar-refractivity contribution is 0.0921. The summed E-state index contributed by atoms with van der Waals surface area (Å²) < 4.78 is 0. The topological polar surface area (TPSA) is 58.1 Å². The molecule has 1 amide bonds. The molecule has 0 spiro atoms. The second-order valence-electron chi connectivity index (χ2n) is 4.94. The highest BCUT2D eigenvalue weighted by molar-refractivity contribution is 7.20. The van der Waals surface area contributed by atoms with Crippen LogP contribution in [0.25, 0.3) is 10.2 Å². The Morgan fingerprint density at radius 2 is 2.26 bits per heavy atom. The summed E-state index contributed by atoms with van der Waals surface area (Å²) in [6, 6.07) is 2.16. The predicted octanol–water partition coefficient (Wildman–Crippen LogP) is 1.52. The van der Waals surface area contributed by atoms with Crippen LogP contribution in [0, 0.1) is 0 Å². The number of hydrogen-bond acceptors (Lipinski definition) is 5. The molecule has 1 aliphatic rings. The zero-order valence-corrected chi connectivity index (χ0v) is 11.6. The minimum atomic E-state index is 0.0116. The van der Waals surface area contributed by atoms with Gasteiger partial charge in [-0.05, 0) is 39.0 Å². The van der Waals surface area contributed by atoms with Gasteiger partial charge in [-0.2, -0.15) is 0 Å². The van der Waals surface area contributed by atoms with Crippen molar-refractivity contribution in [3.05, 3.63) is 23.5 Å². The Morgan fingerprint density at radius 3 is 3.00 bits per heavy atom. The maximum Gasteiger partial charge on any atom is 0.261 e. The molecule has 0 aliphatic carbocycles. The van der Waals surface area contributed by atoms with Crippen LogP contribution >= 0.6 is 11.3 Å². The fraction of sp³-hybridized carbons (Fsp3) is 0.462. The van der Waals surface area contributed by atoms with Crippen molar-refractivity contribution >= 4 is 27.5 Å². The molecule has 1 N–H and O–H groups in total. The fourth-order valence-corrected chi connectivity index (χ4v) is 3.18. The molecule has 5 nitrogen and oxygen atoms in total. The van der Waals surface area contributed by atoms with Crippen LogP contribution in [-0.2, 0) is 0 Å². The average molecular weight is 276 g/mol. The summed E-state index contributed by atoms with van der Waals surface area (Å²) in [7, 11) is 2.11. The molecule has 1 fully saturated rings. The van der Waals surface area contributed by atoms with E-state index in [-0.39, 0.29) is 5.91 Å². The Bertz CT molecular complexity index is 556. The first kappa shape index (κ1) is 12.5. The van der Waals surface area contributed by atoms with Gasteiger partial charge in [0.15, 0.2) is 0 Å². The number of nitrogens with one attached hydrogen (secondary N) is 1. The van der Waals surface area contributed by atoms with Crippen LogP contribution in [0.3, 0.4) is 0 Å². The van der Waals surface area contributed by atoms with Gasteiger partial charge in [-0.1, -0.05) is 0 Å². The number of thiophene rings is 1. The van der Waals surface area contributed by atoms with Crippen molar-refractivity contribution in [2.75, 3.05) is 20.1 Å². The van der Waals surface area contributed by atoms with Gasteiger partial charge in [0.25, 0.3) is 5.91 Å². The van der Waals surface area contributed by atoms with E-state index in [0.717, 1.165) is 41.0 Å². The van der Waals surface area contributed by atoms with Crippen LogP contribution in [0.4, 0.5) is 0 Å². The van der Waals surface area contributed by atoms with Crippen molar-refractivity contribution in [3.8, 4) is 0 Å². The van der Waals surface area contributed by atoms with Crippen molar-refractivity contribution in [2.45, 2.75) is 18.9 Å². The van der Waals surface area contributed by atoms with Gasteiger partial charge < -0.3 is 10.2 Å². The van der Waals surface area contributed by atoms with Gasteiger partial charge in [0.05, 0.1) is 4.88 Å². The van der Waals surface area contributed by atoms with Gasteiger partial charge in [0.1, 0.15) is 11.2 Å². The molecule has 0 bridgehead atoms. The van der Waals surface area contributed by atoms with E-state index < -0.39 is 0 Å². The number of aromatic nitrogens is 2. The van der Waals surface area contributed by atoms with Crippen LogP contribution in [-0.4, -0.2) is 47.0 Å². The zero-order chi connectivity index (χ0) is 13.2. The van der Waals surface area contributed by atoms with Gasteiger partial charge in [-0.3, -0.25) is 4.79 Å². The first-order chi connectivity index (χ1) is 9.22. The van der Waals surface area contributed by atoms with E-state index >= 15 is 0 Å². The summed E-state index contributed by atoms with van der Waals surface area (Å²) in [6.45, 7) is 2.09. The van der Waals surface area contributed by atoms with E-state index in [9.17, 15) is 4.79 Å². The number of carbonyl (C=O) groups is 1. The largest absolute Gasteiger partial charge is 0.349 e. The normalized spacial score (nSPS) is 17.7. The first-order valence-corrected chi connectivity index (χ1v) is 7.23. The third kappa shape index (κ3) is 2.74. The highest BCUT2D eigenvalue weighted by atomic mass is 32.1. The predicted molar refractivity (Wildman–Crippen MR) is 75.4 cm³/mol. The molecule has 1 aliphatic heterocycles. The van der Waals surface area contributed by atoms with Gasteiger partial charge in [-0.15, -0.1) is 11.3 Å². The van der Waals surface area contributed by atoms with E-state index in [0.29, 0.717) is 6.04 Å². The highest BCUT2D eigenvalue weighted by Crippen LogP contribution is 2.22. The molecule has 19 heavy (non-hydrogen) atoms. The van der Waals surface area contributed by atoms with Crippen molar-refractivity contribution < 1.29 is 4.79 Å². The molecule has 0 radical (unpaired) electrons. The van der Waals surface area contributed by atoms with Gasteiger partial charge >= 0.3 is 0 Å². The van der Waals surface area contributed by atoms with E-state index in [1.54, 1.807) is 6.20 Å². The fourth-order valence-electron chi connectivity index (χ4n) is 2.31. The Balaban J connectivity index is 1.70. The van der Waals surface area contributed by atoms with E-state index in [4.69, 9.17) is 0 Å². The third-order valence-electron chi connectivity index (χ3n) is 3.47. The molecule has 0 saturated carbocycles. The summed E-state index contributed by atoms with van der Waals surface area (Å²) >= 11 is 1.42. The lowest BCUT2D eigenvalue weighted by Crippen LogP contribution is -2.43. The lowest BCUT2D eigenvalue weighted by atomic mass is 10.1. The summed E-state index contributed by atoms with van der Waals surface area (Å²) in [5.41, 5.74) is 0. The van der Waals surface area contributed by atoms with Gasteiger partial charge in [0.2, 0.25) is 0 Å². The quantitative estimate of drug-likeness (QED) is 0.903. The molecule has 3 heterocycles. The minimum Gasteiger partial charge on any atom is -0.349 e. The third-order valence-corrected chi connectivity index (χ3v) is 4.53. The molecule has 2 aromatic rings. The van der Waals surface area contributed by atoms with Crippen LogP contribution in [0.1, 0.15) is 22.5 Å². The number of amides is 1. The lowest BCUT2D eigenvalue weighted by Gasteiger charge is -2.29. The standard InChI is InChI=1S/C13H16N4OS/c1-17-4-2-10(3-5-17)16-12(18)11-6-9-7-14-8-15-13(9)19-11/h6-8,10H,2-5H2,1H3,(H,16,18). The second kappa shape index (κ2) is 5.22. The Kier molecular flexibility index (Phi) is 3.44. The SMILES string of the molecule is CN1CCC(NC(=O)c2cc3cncnc3s2)CC1. The molecule has 1 saturated heterocycles. The summed E-state index contributed by atoms with van der Waals surface area (Å²) in [5.74, 6) is 0.0116. The molecule has 100 valence electrons. The number of piperidine rings is 1. The molecule has 0 unspecified atom stereocenters. The van der Waals surface area contributed by atoms with Gasteiger partial charge in [0, 0.05) is 17.6 Å². The maximum atomic E-state index is 12.2. The molecule has 0 aromatic carbocycles. The number of fused-ring (bicyclic) bond motifs is 1. The Morgan fingerprint density at radius 1 is 1.47 bits per heavy atom. The highest BCUT2D eigenvalue weighted by Gasteiger charge is 2.20. The summed E-state index contributed by atoms with van der Waals surface area (Å²) in [6.07, 6.45) is 5.29. The summed E-state index contributed by atoms with van der Waals surface area (Å²) in [4.78, 5) is 24.2. The number of likely N-dealkylation sites (tertiary alicyclic amines) is 1. The monoisotopic (exact) mass is 276 g/mol. The van der Waals surface area contributed by atoms with Crippen molar-refractivity contribution in [2.24, 2.45) is 0 Å². The molecular weight excluding hydrogens is 260 g/mol. The van der Waals surface area contributed by atoms with E-state index in [1.165, 1.54) is 17.7 Å². The minimum absolute atomic E-state index is 0.0116. The number of carbonyl (C=O) groups excluding carboxylic acids is 1. The number of nitrogens with zero attached hydrogens (tertiary/aromatic N) is 3. The average Bonchev–Trinajstić information content (AvgIpc) is 2.85. The molecular formula is C13H16N4OS. The smallest absolute Gasteiger partial charge is 0.261 e. The van der Waals surface area contributed by atoms with Crippen molar-refractivity contribution in [1.29, 1.82) is 0 Å². The van der Waals surface area contributed by atoms with Crippen LogP contribution in [0.2, 0.25) is 0 Å². The molecule has 3 rings (SSSR count). The van der Waals surface area contributed by atoms with E-state index in [1.807, 2.05) is 6.07 Å². The van der Waals surface area contributed by atoms with Crippen LogP contribution < -0.4 is 5.32 Å². The van der Waals surface area contributed by atoms with Crippen LogP contribution in [0.5, 0.6) is 0 Å². The van der Waals surface area contributed by atoms with Crippen LogP contribution in [0.15, 0.2) is 18.6 Å². The Hall–Kier alpha value is -1.53. The zero-order valence-electron chi connectivity index (χ0n) is 10.8. The second-order valence-corrected chi connectivity index (χ2v) is 5.98. The Labute approximate surface area is 115 Å². The van der Waals surface area contributed by atoms with Gasteiger partial charge in [-0.25, -0.2) is 9.97 Å². The van der Waals surface area contributed by atoms with Crippen molar-refractivity contribution in [3.63, 3.8) is 0 Å². The first-order valence-electron chi connectivity index (χ1n) is 6.41. The maximum absolute atomic E-state index is 12.2. The van der Waals surface area contributed by atoms with Crippen molar-refractivity contribution in [1.82, 2.24) is 20.2 Å². The number of rotatable bonds is 2. The summed E-state index contributed by atoms with van der Waals surface area (Å²) in [5, 5.41) is 4.04. The molecule has 2 aromatic heterocycles.